The van der Waals surface area contributed by atoms with Gasteiger partial charge < -0.3 is 5.32 Å². The fraction of sp³-hybridized carbons (Fsp3) is 0.632. The smallest absolute Gasteiger partial charge is 0.143 e. The predicted molar refractivity (Wildman–Crippen MR) is 85.0 cm³/mol. The van der Waals surface area contributed by atoms with Crippen molar-refractivity contribution in [2.24, 2.45) is 5.41 Å². The lowest BCUT2D eigenvalue weighted by Gasteiger charge is -2.65. The van der Waals surface area contributed by atoms with Gasteiger partial charge in [0.15, 0.2) is 0 Å². The molecule has 2 unspecified atom stereocenters. The summed E-state index contributed by atoms with van der Waals surface area (Å²) in [5.41, 5.74) is 2.99. The molecule has 2 saturated heterocycles. The second-order valence-electron chi connectivity index (χ2n) is 8.27. The second kappa shape index (κ2) is 3.43. The van der Waals surface area contributed by atoms with E-state index in [1.165, 1.54) is 43.6 Å². The van der Waals surface area contributed by atoms with Crippen LogP contribution < -0.4 is 5.32 Å². The Kier molecular flexibility index (Phi) is 1.89. The third kappa shape index (κ3) is 0.989. The predicted octanol–water partition coefficient (Wildman–Crippen LogP) is 2.71. The maximum atomic E-state index is 13.1. The summed E-state index contributed by atoms with van der Waals surface area (Å²) in [6.45, 7) is 2.37. The van der Waals surface area contributed by atoms with Crippen molar-refractivity contribution in [3.63, 3.8) is 0 Å². The number of piperidine rings is 1. The number of carbonyl (C=O) groups is 1. The van der Waals surface area contributed by atoms with E-state index in [1.54, 1.807) is 0 Å². The van der Waals surface area contributed by atoms with Gasteiger partial charge in [-0.05, 0) is 56.8 Å². The van der Waals surface area contributed by atoms with E-state index < -0.39 is 0 Å². The summed E-state index contributed by atoms with van der Waals surface area (Å²) < 4.78 is 0. The second-order valence-corrected chi connectivity index (χ2v) is 8.27. The number of para-hydroxylation sites is 1. The lowest BCUT2D eigenvalue weighted by Crippen LogP contribution is -2.75. The average molecular weight is 294 g/mol. The van der Waals surface area contributed by atoms with Gasteiger partial charge in [0.1, 0.15) is 5.78 Å². The van der Waals surface area contributed by atoms with E-state index >= 15 is 0 Å². The highest BCUT2D eigenvalue weighted by molar-refractivity contribution is 5.93. The van der Waals surface area contributed by atoms with Crippen LogP contribution >= 0.6 is 0 Å². The minimum atomic E-state index is -0.0321. The molecule has 3 heterocycles. The highest BCUT2D eigenvalue weighted by atomic mass is 16.1. The van der Waals surface area contributed by atoms with Crippen molar-refractivity contribution in [3.05, 3.63) is 29.8 Å². The van der Waals surface area contributed by atoms with Crippen LogP contribution in [-0.4, -0.2) is 35.4 Å². The maximum absolute atomic E-state index is 13.1. The molecule has 3 aliphatic heterocycles. The van der Waals surface area contributed by atoms with E-state index in [9.17, 15) is 4.79 Å². The highest BCUT2D eigenvalue weighted by Crippen LogP contribution is 2.71. The van der Waals surface area contributed by atoms with Gasteiger partial charge in [-0.15, -0.1) is 0 Å². The van der Waals surface area contributed by atoms with Crippen LogP contribution in [0.3, 0.4) is 0 Å². The molecule has 5 fully saturated rings. The van der Waals surface area contributed by atoms with E-state index in [0.717, 1.165) is 19.3 Å². The molecule has 3 saturated carbocycles. The number of nitrogens with zero attached hydrogens (tertiary/aromatic N) is 1. The third-order valence-corrected chi connectivity index (χ3v) is 7.87. The molecule has 1 aromatic rings. The number of nitrogens with one attached hydrogen (secondary N) is 1. The van der Waals surface area contributed by atoms with Crippen LogP contribution in [0.25, 0.3) is 0 Å². The van der Waals surface area contributed by atoms with Gasteiger partial charge in [-0.25, -0.2) is 0 Å². The first-order chi connectivity index (χ1) is 10.7. The maximum Gasteiger partial charge on any atom is 0.143 e. The molecule has 1 N–H and O–H groups in total. The summed E-state index contributed by atoms with van der Waals surface area (Å²) >= 11 is 0. The fourth-order valence-electron chi connectivity index (χ4n) is 7.24. The summed E-state index contributed by atoms with van der Waals surface area (Å²) in [4.78, 5) is 15.8. The molecule has 114 valence electrons. The van der Waals surface area contributed by atoms with Crippen LogP contribution in [0.4, 0.5) is 5.69 Å². The van der Waals surface area contributed by atoms with Crippen LogP contribution in [0.2, 0.25) is 0 Å². The molecule has 0 radical (unpaired) electrons. The van der Waals surface area contributed by atoms with Crippen LogP contribution in [0.1, 0.15) is 44.1 Å². The molecule has 3 heteroatoms. The molecule has 2 bridgehead atoms. The Morgan fingerprint density at radius 2 is 2.00 bits per heavy atom. The highest BCUT2D eigenvalue weighted by Gasteiger charge is 2.77. The van der Waals surface area contributed by atoms with E-state index in [1.807, 2.05) is 0 Å². The molecular weight excluding hydrogens is 272 g/mol. The number of benzene rings is 1. The number of carbonyl (C=O) groups excluding carboxylic acids is 1. The minimum absolute atomic E-state index is 0.00623. The van der Waals surface area contributed by atoms with Gasteiger partial charge in [0.2, 0.25) is 0 Å². The molecule has 7 rings (SSSR count). The molecule has 0 aromatic heterocycles. The van der Waals surface area contributed by atoms with Crippen molar-refractivity contribution in [2.45, 2.75) is 55.5 Å². The molecule has 3 aliphatic carbocycles. The average Bonchev–Trinajstić information content (AvgIpc) is 3.06. The first kappa shape index (κ1) is 12.1. The molecule has 1 aromatic carbocycles. The van der Waals surface area contributed by atoms with E-state index in [-0.39, 0.29) is 16.4 Å². The standard InChI is InChI=1S/C19H22N2O/c22-15-12-18-8-7-17(15)6-3-10-21-11-9-19(18,16(17)21)13-4-1-2-5-14(13)20-18/h1-2,4-5,16,20H,3,6-12H2/t16-,17?,18?,19+/m0/s1. The van der Waals surface area contributed by atoms with Crippen LogP contribution in [0, 0.1) is 5.41 Å². The largest absolute Gasteiger partial charge is 0.378 e. The topological polar surface area (TPSA) is 32.3 Å². The first-order valence-corrected chi connectivity index (χ1v) is 8.87. The third-order valence-electron chi connectivity index (χ3n) is 7.87. The number of Topliss-reactive ketones (excluding diaryl/α,β-unsaturated/α-hetero) is 1. The number of fused-ring (bicyclic) bond motifs is 3. The number of rotatable bonds is 0. The van der Waals surface area contributed by atoms with Gasteiger partial charge in [0.05, 0.1) is 5.54 Å². The molecule has 3 nitrogen and oxygen atoms in total. The molecule has 6 aliphatic rings. The zero-order valence-electron chi connectivity index (χ0n) is 12.9. The number of hydrogen-bond acceptors (Lipinski definition) is 3. The van der Waals surface area contributed by atoms with Crippen LogP contribution in [0.5, 0.6) is 0 Å². The van der Waals surface area contributed by atoms with Gasteiger partial charge in [0, 0.05) is 29.0 Å². The zero-order valence-corrected chi connectivity index (χ0v) is 12.9. The minimum Gasteiger partial charge on any atom is -0.378 e. The van der Waals surface area contributed by atoms with Crippen molar-refractivity contribution in [3.8, 4) is 0 Å². The lowest BCUT2D eigenvalue weighted by atomic mass is 9.41. The van der Waals surface area contributed by atoms with E-state index in [0.29, 0.717) is 11.8 Å². The van der Waals surface area contributed by atoms with Gasteiger partial charge in [-0.1, -0.05) is 18.2 Å². The summed E-state index contributed by atoms with van der Waals surface area (Å²) in [7, 11) is 0. The van der Waals surface area contributed by atoms with Crippen molar-refractivity contribution in [1.29, 1.82) is 0 Å². The van der Waals surface area contributed by atoms with Crippen molar-refractivity contribution in [1.82, 2.24) is 4.90 Å². The summed E-state index contributed by atoms with van der Waals surface area (Å²) in [5.74, 6) is 0.561. The van der Waals surface area contributed by atoms with Crippen molar-refractivity contribution < 1.29 is 4.79 Å². The Balaban J connectivity index is 1.69. The Morgan fingerprint density at radius 3 is 2.91 bits per heavy atom. The molecule has 0 amide bonds. The first-order valence-electron chi connectivity index (χ1n) is 8.87. The van der Waals surface area contributed by atoms with Gasteiger partial charge in [-0.3, -0.25) is 9.69 Å². The Hall–Kier alpha value is -1.35. The Labute approximate surface area is 131 Å². The van der Waals surface area contributed by atoms with E-state index in [2.05, 4.69) is 34.5 Å². The van der Waals surface area contributed by atoms with Gasteiger partial charge in [-0.2, -0.15) is 0 Å². The van der Waals surface area contributed by atoms with Crippen molar-refractivity contribution in [2.75, 3.05) is 18.4 Å². The Morgan fingerprint density at radius 1 is 1.09 bits per heavy atom. The molecule has 22 heavy (non-hydrogen) atoms. The SMILES string of the molecule is O=C1CC23CCC14CCCN1CC[C@@]2(c2ccccc2N3)[C@@H]14. The summed E-state index contributed by atoms with van der Waals surface area (Å²) in [6, 6.07) is 9.35. The van der Waals surface area contributed by atoms with Crippen molar-refractivity contribution >= 4 is 11.5 Å². The zero-order chi connectivity index (χ0) is 14.6. The normalized spacial score (nSPS) is 47.8. The number of anilines is 1. The van der Waals surface area contributed by atoms with E-state index in [4.69, 9.17) is 0 Å². The van der Waals surface area contributed by atoms with Crippen LogP contribution in [0.15, 0.2) is 24.3 Å². The Bertz CT molecular complexity index is 715. The summed E-state index contributed by atoms with van der Waals surface area (Å²) in [6.07, 6.45) is 6.61. The number of hydrogen-bond donors (Lipinski definition) is 1. The number of ketones is 1. The fourth-order valence-corrected chi connectivity index (χ4v) is 7.24. The monoisotopic (exact) mass is 294 g/mol. The lowest BCUT2D eigenvalue weighted by molar-refractivity contribution is -0.157. The molecule has 3 spiro atoms. The molecular formula is C19H22N2O. The van der Waals surface area contributed by atoms with Crippen LogP contribution in [-0.2, 0) is 10.2 Å². The van der Waals surface area contributed by atoms with Gasteiger partial charge >= 0.3 is 0 Å². The summed E-state index contributed by atoms with van der Waals surface area (Å²) in [5, 5.41) is 3.87. The quantitative estimate of drug-likeness (QED) is 0.798. The van der Waals surface area contributed by atoms with Gasteiger partial charge in [0.25, 0.3) is 0 Å². The molecule has 4 atom stereocenters.